The van der Waals surface area contributed by atoms with E-state index in [2.05, 4.69) is 9.44 Å². The zero-order chi connectivity index (χ0) is 26.4. The van der Waals surface area contributed by atoms with Gasteiger partial charge in [0, 0.05) is 31.3 Å². The number of hydrogen-bond donors (Lipinski definition) is 2. The Balaban J connectivity index is 2.18. The van der Waals surface area contributed by atoms with Crippen molar-refractivity contribution in [2.75, 3.05) is 18.8 Å². The summed E-state index contributed by atoms with van der Waals surface area (Å²) in [5, 5.41) is 10.8. The van der Waals surface area contributed by atoms with E-state index in [9.17, 15) is 31.7 Å². The number of nitrogens with zero attached hydrogens (tertiary/aromatic N) is 2. The Kier molecular flexibility index (Phi) is 10.2. The highest BCUT2D eigenvalue weighted by molar-refractivity contribution is 7.90. The normalized spacial score (nSPS) is 16.9. The van der Waals surface area contributed by atoms with Crippen molar-refractivity contribution in [1.29, 1.82) is 0 Å². The second-order valence-corrected chi connectivity index (χ2v) is 13.2. The average Bonchev–Trinajstić information content (AvgIpc) is 2.77. The molecule has 2 atom stereocenters. The Hall–Kier alpha value is -2.09. The van der Waals surface area contributed by atoms with Gasteiger partial charge in [-0.1, -0.05) is 27.7 Å². The van der Waals surface area contributed by atoms with Gasteiger partial charge in [-0.05, 0) is 49.7 Å². The monoisotopic (exact) mass is 532 g/mol. The number of carbonyl (C=O) groups is 1. The molecule has 0 aromatic heterocycles. The molecule has 2 rings (SSSR count). The van der Waals surface area contributed by atoms with Crippen molar-refractivity contribution in [3.63, 3.8) is 0 Å². The molecular weight excluding hydrogens is 496 g/mol. The number of sulfonamides is 2. The average molecular weight is 533 g/mol. The number of nitro benzene ring substituents is 1. The molecule has 1 fully saturated rings. The molecule has 1 aliphatic rings. The van der Waals surface area contributed by atoms with E-state index in [-0.39, 0.29) is 28.3 Å². The maximum atomic E-state index is 13.1. The van der Waals surface area contributed by atoms with Crippen LogP contribution < -0.4 is 9.44 Å². The number of benzene rings is 1. The molecule has 35 heavy (non-hydrogen) atoms. The summed E-state index contributed by atoms with van der Waals surface area (Å²) in [5.74, 6) is -1.13. The van der Waals surface area contributed by atoms with Crippen LogP contribution in [0.5, 0.6) is 0 Å². The summed E-state index contributed by atoms with van der Waals surface area (Å²) in [7, 11) is -8.18. The fraction of sp³-hybridized carbons (Fsp3) is 0.682. The van der Waals surface area contributed by atoms with Gasteiger partial charge in [-0.15, -0.1) is 0 Å². The van der Waals surface area contributed by atoms with Crippen molar-refractivity contribution in [2.24, 2.45) is 11.8 Å². The zero-order valence-corrected chi connectivity index (χ0v) is 22.3. The fourth-order valence-electron chi connectivity index (χ4n) is 3.88. The summed E-state index contributed by atoms with van der Waals surface area (Å²) in [6.45, 7) is 8.36. The maximum absolute atomic E-state index is 13.1. The lowest BCUT2D eigenvalue weighted by molar-refractivity contribution is -0.384. The van der Waals surface area contributed by atoms with Gasteiger partial charge in [0.25, 0.3) is 5.69 Å². The van der Waals surface area contributed by atoms with E-state index in [1.54, 1.807) is 18.7 Å². The minimum atomic E-state index is -4.14. The van der Waals surface area contributed by atoms with Crippen molar-refractivity contribution in [2.45, 2.75) is 70.4 Å². The van der Waals surface area contributed by atoms with Crippen molar-refractivity contribution in [3.05, 3.63) is 34.4 Å². The summed E-state index contributed by atoms with van der Waals surface area (Å²) in [4.78, 5) is 24.7. The zero-order valence-electron chi connectivity index (χ0n) is 20.6. The molecule has 0 bridgehead atoms. The van der Waals surface area contributed by atoms with Crippen LogP contribution in [0.4, 0.5) is 5.69 Å². The van der Waals surface area contributed by atoms with Crippen LogP contribution in [0.15, 0.2) is 29.2 Å². The van der Waals surface area contributed by atoms with E-state index in [1.165, 1.54) is 0 Å². The predicted molar refractivity (Wildman–Crippen MR) is 133 cm³/mol. The van der Waals surface area contributed by atoms with E-state index in [0.717, 1.165) is 43.5 Å². The smallest absolute Gasteiger partial charge is 0.269 e. The minimum absolute atomic E-state index is 0.0676. The van der Waals surface area contributed by atoms with Gasteiger partial charge in [0.2, 0.25) is 26.0 Å². The molecule has 1 aliphatic heterocycles. The topological polar surface area (TPSA) is 156 Å². The molecule has 11 nitrogen and oxygen atoms in total. The number of nitrogens with one attached hydrogen (secondary N) is 2. The molecular formula is C22H36N4O7S2. The number of amides is 1. The van der Waals surface area contributed by atoms with Crippen LogP contribution in [0.3, 0.4) is 0 Å². The van der Waals surface area contributed by atoms with Gasteiger partial charge >= 0.3 is 0 Å². The van der Waals surface area contributed by atoms with E-state index in [4.69, 9.17) is 0 Å². The summed E-state index contributed by atoms with van der Waals surface area (Å²) in [6, 6.07) is 2.43. The fourth-order valence-corrected chi connectivity index (χ4v) is 7.04. The lowest BCUT2D eigenvalue weighted by atomic mass is 10.0. The highest BCUT2D eigenvalue weighted by atomic mass is 32.2. The quantitative estimate of drug-likeness (QED) is 0.309. The molecule has 2 N–H and O–H groups in total. The van der Waals surface area contributed by atoms with Crippen LogP contribution in [-0.2, 0) is 24.8 Å². The van der Waals surface area contributed by atoms with Crippen molar-refractivity contribution in [1.82, 2.24) is 14.3 Å². The molecule has 1 amide bonds. The van der Waals surface area contributed by atoms with Crippen molar-refractivity contribution >= 4 is 31.6 Å². The van der Waals surface area contributed by atoms with E-state index >= 15 is 0 Å². The Labute approximate surface area is 207 Å². The Morgan fingerprint density at radius 3 is 2.06 bits per heavy atom. The molecule has 13 heteroatoms. The molecule has 1 heterocycles. The number of carbonyl (C=O) groups excluding carboxylic acids is 1. The molecule has 1 aromatic carbocycles. The molecule has 198 valence electrons. The molecule has 0 aliphatic carbocycles. The van der Waals surface area contributed by atoms with Gasteiger partial charge in [0.15, 0.2) is 0 Å². The minimum Gasteiger partial charge on any atom is -0.341 e. The van der Waals surface area contributed by atoms with Crippen molar-refractivity contribution in [3.8, 4) is 0 Å². The van der Waals surface area contributed by atoms with Gasteiger partial charge in [-0.25, -0.2) is 26.3 Å². The highest BCUT2D eigenvalue weighted by Gasteiger charge is 2.33. The summed E-state index contributed by atoms with van der Waals surface area (Å²) in [6.07, 6.45) is 3.13. The second kappa shape index (κ2) is 12.2. The SMILES string of the molecule is CC(C)C[C@H](NS(=O)(=O)C[C@@H](NS(=O)(=O)c1ccc([N+](=O)[O-])cc1)C(C)C)C(=O)N1CCCCC1. The third-order valence-electron chi connectivity index (χ3n) is 5.86. The second-order valence-electron chi connectivity index (χ2n) is 9.69. The van der Waals surface area contributed by atoms with E-state index in [1.807, 2.05) is 13.8 Å². The number of hydrogen-bond acceptors (Lipinski definition) is 7. The molecule has 0 spiro atoms. The standard InChI is InChI=1S/C22H36N4O7S2/c1-16(2)14-20(22(27)25-12-6-5-7-13-25)23-34(30,31)15-21(17(3)4)24-35(32,33)19-10-8-18(9-11-19)26(28)29/h8-11,16-17,20-21,23-24H,5-7,12-15H2,1-4H3/t20-,21+/m0/s1. The Morgan fingerprint density at radius 2 is 1.57 bits per heavy atom. The van der Waals surface area contributed by atoms with Crippen LogP contribution >= 0.6 is 0 Å². The van der Waals surface area contributed by atoms with Gasteiger partial charge in [-0.2, -0.15) is 0 Å². The van der Waals surface area contributed by atoms with Gasteiger partial charge in [0.05, 0.1) is 15.6 Å². The summed E-state index contributed by atoms with van der Waals surface area (Å²) < 4.78 is 56.8. The van der Waals surface area contributed by atoms with Gasteiger partial charge < -0.3 is 4.90 Å². The molecule has 1 aromatic rings. The van der Waals surface area contributed by atoms with Crippen molar-refractivity contribution < 1.29 is 26.6 Å². The lowest BCUT2D eigenvalue weighted by Crippen LogP contribution is -2.53. The Bertz CT molecular complexity index is 1080. The molecule has 0 saturated carbocycles. The number of non-ortho nitro benzene ring substituents is 1. The number of likely N-dealkylation sites (tertiary alicyclic amines) is 1. The number of nitro groups is 1. The lowest BCUT2D eigenvalue weighted by Gasteiger charge is -2.31. The Morgan fingerprint density at radius 1 is 1.00 bits per heavy atom. The number of rotatable bonds is 12. The first-order valence-electron chi connectivity index (χ1n) is 11.8. The summed E-state index contributed by atoms with van der Waals surface area (Å²) in [5.41, 5.74) is -0.259. The first kappa shape index (κ1) is 29.1. The first-order valence-corrected chi connectivity index (χ1v) is 14.9. The predicted octanol–water partition coefficient (Wildman–Crippen LogP) is 2.24. The van der Waals surface area contributed by atoms with Crippen LogP contribution in [0.1, 0.15) is 53.4 Å². The van der Waals surface area contributed by atoms with Crippen LogP contribution in [0, 0.1) is 22.0 Å². The van der Waals surface area contributed by atoms with Crippen LogP contribution in [0.25, 0.3) is 0 Å². The summed E-state index contributed by atoms with van der Waals surface area (Å²) >= 11 is 0. The highest BCUT2D eigenvalue weighted by Crippen LogP contribution is 2.19. The number of piperidine rings is 1. The van der Waals surface area contributed by atoms with E-state index < -0.39 is 42.8 Å². The van der Waals surface area contributed by atoms with Gasteiger partial charge in [0.1, 0.15) is 6.04 Å². The van der Waals surface area contributed by atoms with E-state index in [0.29, 0.717) is 19.5 Å². The van der Waals surface area contributed by atoms with Crippen LogP contribution in [-0.4, -0.2) is 63.5 Å². The molecule has 1 saturated heterocycles. The van der Waals surface area contributed by atoms with Crippen LogP contribution in [0.2, 0.25) is 0 Å². The third-order valence-corrected chi connectivity index (χ3v) is 8.81. The molecule has 0 unspecified atom stereocenters. The maximum Gasteiger partial charge on any atom is 0.269 e. The van der Waals surface area contributed by atoms with Gasteiger partial charge in [-0.3, -0.25) is 14.9 Å². The first-order chi connectivity index (χ1) is 16.2. The third kappa shape index (κ3) is 8.81. The largest absolute Gasteiger partial charge is 0.341 e. The molecule has 0 radical (unpaired) electrons.